The van der Waals surface area contributed by atoms with Crippen LogP contribution in [-0.4, -0.2) is 30.4 Å². The number of nitrogens with one attached hydrogen (secondary N) is 1. The normalized spacial score (nSPS) is 14.6. The summed E-state index contributed by atoms with van der Waals surface area (Å²) in [6.07, 6.45) is 2.53. The van der Waals surface area contributed by atoms with E-state index < -0.39 is 0 Å². The fourth-order valence-electron chi connectivity index (χ4n) is 2.31. The summed E-state index contributed by atoms with van der Waals surface area (Å²) in [5.74, 6) is 0.862. The fraction of sp³-hybridized carbons (Fsp3) is 0.562. The number of anilines is 1. The molecule has 19 heavy (non-hydrogen) atoms. The van der Waals surface area contributed by atoms with Crippen LogP contribution < -0.4 is 5.32 Å². The Morgan fingerprint density at radius 3 is 2.63 bits per heavy atom. The van der Waals surface area contributed by atoms with Gasteiger partial charge in [0.2, 0.25) is 0 Å². The molecular formula is C16H24N2O. The molecular weight excluding hydrogens is 236 g/mol. The van der Waals surface area contributed by atoms with Gasteiger partial charge in [0.25, 0.3) is 5.91 Å². The summed E-state index contributed by atoms with van der Waals surface area (Å²) in [6.45, 7) is 7.12. The van der Waals surface area contributed by atoms with Gasteiger partial charge in [-0.1, -0.05) is 6.07 Å². The molecule has 0 spiro atoms. The van der Waals surface area contributed by atoms with Crippen LogP contribution in [0.4, 0.5) is 5.69 Å². The Bertz CT molecular complexity index is 464. The van der Waals surface area contributed by atoms with Gasteiger partial charge < -0.3 is 10.2 Å². The molecule has 0 aromatic heterocycles. The number of carbonyl (C=O) groups is 1. The molecule has 0 atom stereocenters. The smallest absolute Gasteiger partial charge is 0.256 e. The van der Waals surface area contributed by atoms with Crippen molar-refractivity contribution in [2.45, 2.75) is 39.7 Å². The van der Waals surface area contributed by atoms with Crippen LogP contribution >= 0.6 is 0 Å². The van der Waals surface area contributed by atoms with Crippen molar-refractivity contribution in [3.05, 3.63) is 29.3 Å². The second kappa shape index (κ2) is 5.64. The van der Waals surface area contributed by atoms with Crippen molar-refractivity contribution < 1.29 is 4.79 Å². The van der Waals surface area contributed by atoms with Crippen LogP contribution in [0.1, 0.15) is 42.6 Å². The first-order chi connectivity index (χ1) is 9.02. The minimum atomic E-state index is 0.145. The minimum absolute atomic E-state index is 0.145. The van der Waals surface area contributed by atoms with Crippen molar-refractivity contribution in [1.29, 1.82) is 0 Å². The second-order valence-electron chi connectivity index (χ2n) is 5.79. The number of nitrogens with zero attached hydrogens (tertiary/aromatic N) is 1. The largest absolute Gasteiger partial charge is 0.387 e. The van der Waals surface area contributed by atoms with Crippen LogP contribution in [0.5, 0.6) is 0 Å². The van der Waals surface area contributed by atoms with Crippen LogP contribution in [0.2, 0.25) is 0 Å². The van der Waals surface area contributed by atoms with Crippen molar-refractivity contribution in [3.8, 4) is 0 Å². The van der Waals surface area contributed by atoms with Crippen LogP contribution in [0.3, 0.4) is 0 Å². The number of rotatable bonds is 5. The average molecular weight is 260 g/mol. The zero-order valence-electron chi connectivity index (χ0n) is 12.4. The molecule has 1 fully saturated rings. The molecule has 1 saturated carbocycles. The predicted molar refractivity (Wildman–Crippen MR) is 79.6 cm³/mol. The van der Waals surface area contributed by atoms with Crippen LogP contribution in [0.15, 0.2) is 18.2 Å². The maximum absolute atomic E-state index is 12.7. The molecule has 0 radical (unpaired) electrons. The highest BCUT2D eigenvalue weighted by Gasteiger charge is 2.29. The van der Waals surface area contributed by atoms with E-state index in [1.807, 2.05) is 37.1 Å². The second-order valence-corrected chi connectivity index (χ2v) is 5.79. The van der Waals surface area contributed by atoms with Crippen molar-refractivity contribution in [1.82, 2.24) is 4.90 Å². The highest BCUT2D eigenvalue weighted by Crippen LogP contribution is 2.31. The Hall–Kier alpha value is -1.51. The van der Waals surface area contributed by atoms with Crippen LogP contribution in [-0.2, 0) is 0 Å². The number of hydrogen-bond acceptors (Lipinski definition) is 2. The molecule has 1 aromatic carbocycles. The first-order valence-electron chi connectivity index (χ1n) is 7.12. The lowest BCUT2D eigenvalue weighted by atomic mass is 10.1. The summed E-state index contributed by atoms with van der Waals surface area (Å²) in [5.41, 5.74) is 2.87. The molecule has 0 saturated heterocycles. The third-order valence-corrected chi connectivity index (χ3v) is 3.71. The summed E-state index contributed by atoms with van der Waals surface area (Å²) in [7, 11) is 1.87. The van der Waals surface area contributed by atoms with Gasteiger partial charge in [-0.05, 0) is 57.2 Å². The summed E-state index contributed by atoms with van der Waals surface area (Å²) in [6, 6.07) is 6.22. The lowest BCUT2D eigenvalue weighted by Crippen LogP contribution is -2.38. The Morgan fingerprint density at radius 1 is 1.42 bits per heavy atom. The Kier molecular flexibility index (Phi) is 4.13. The van der Waals surface area contributed by atoms with E-state index in [9.17, 15) is 4.79 Å². The molecule has 1 aromatic rings. The Balaban J connectivity index is 2.24. The van der Waals surface area contributed by atoms with Gasteiger partial charge >= 0.3 is 0 Å². The molecule has 3 nitrogen and oxygen atoms in total. The predicted octanol–water partition coefficient (Wildman–Crippen LogP) is 3.30. The van der Waals surface area contributed by atoms with Gasteiger partial charge in [-0.25, -0.2) is 0 Å². The van der Waals surface area contributed by atoms with Gasteiger partial charge in [-0.3, -0.25) is 4.79 Å². The minimum Gasteiger partial charge on any atom is -0.387 e. The molecule has 1 aliphatic rings. The SMILES string of the molecule is CNc1cc(C)ccc1C(=O)N(CC1CC1)C(C)C. The average Bonchev–Trinajstić information content (AvgIpc) is 3.18. The lowest BCUT2D eigenvalue weighted by molar-refractivity contribution is 0.0697. The summed E-state index contributed by atoms with van der Waals surface area (Å²) in [4.78, 5) is 14.7. The van der Waals surface area contributed by atoms with E-state index >= 15 is 0 Å². The molecule has 1 amide bonds. The third kappa shape index (κ3) is 3.28. The summed E-state index contributed by atoms with van der Waals surface area (Å²) in [5, 5.41) is 3.13. The molecule has 104 valence electrons. The van der Waals surface area contributed by atoms with E-state index in [1.165, 1.54) is 18.4 Å². The van der Waals surface area contributed by atoms with E-state index in [1.54, 1.807) is 0 Å². The van der Waals surface area contributed by atoms with Crippen molar-refractivity contribution in [2.24, 2.45) is 5.92 Å². The van der Waals surface area contributed by atoms with Crippen molar-refractivity contribution >= 4 is 11.6 Å². The van der Waals surface area contributed by atoms with E-state index in [0.717, 1.165) is 23.7 Å². The highest BCUT2D eigenvalue weighted by atomic mass is 16.2. The van der Waals surface area contributed by atoms with Gasteiger partial charge in [-0.2, -0.15) is 0 Å². The van der Waals surface area contributed by atoms with Crippen LogP contribution in [0.25, 0.3) is 0 Å². The standard InChI is InChI=1S/C16H24N2O/c1-11(2)18(10-13-6-7-13)16(19)14-8-5-12(3)9-15(14)17-4/h5,8-9,11,13,17H,6-7,10H2,1-4H3. The molecule has 0 aliphatic heterocycles. The number of aryl methyl sites for hydroxylation is 1. The first kappa shape index (κ1) is 13.9. The molecule has 0 heterocycles. The number of amides is 1. The molecule has 2 rings (SSSR count). The Labute approximate surface area is 116 Å². The van der Waals surface area contributed by atoms with Gasteiger partial charge in [-0.15, -0.1) is 0 Å². The third-order valence-electron chi connectivity index (χ3n) is 3.71. The molecule has 0 bridgehead atoms. The van der Waals surface area contributed by atoms with E-state index in [0.29, 0.717) is 0 Å². The van der Waals surface area contributed by atoms with Gasteiger partial charge in [0.15, 0.2) is 0 Å². The topological polar surface area (TPSA) is 32.3 Å². The zero-order chi connectivity index (χ0) is 14.0. The van der Waals surface area contributed by atoms with Gasteiger partial charge in [0, 0.05) is 25.3 Å². The maximum Gasteiger partial charge on any atom is 0.256 e. The Morgan fingerprint density at radius 2 is 2.11 bits per heavy atom. The number of hydrogen-bond donors (Lipinski definition) is 1. The number of carbonyl (C=O) groups excluding carboxylic acids is 1. The first-order valence-corrected chi connectivity index (χ1v) is 7.12. The van der Waals surface area contributed by atoms with E-state index in [-0.39, 0.29) is 11.9 Å². The van der Waals surface area contributed by atoms with Gasteiger partial charge in [0.1, 0.15) is 0 Å². The summed E-state index contributed by atoms with van der Waals surface area (Å²) < 4.78 is 0. The molecule has 1 N–H and O–H groups in total. The van der Waals surface area contributed by atoms with Crippen LogP contribution in [0, 0.1) is 12.8 Å². The summed E-state index contributed by atoms with van der Waals surface area (Å²) >= 11 is 0. The fourth-order valence-corrected chi connectivity index (χ4v) is 2.31. The monoisotopic (exact) mass is 260 g/mol. The molecule has 0 unspecified atom stereocenters. The highest BCUT2D eigenvalue weighted by molar-refractivity contribution is 5.99. The zero-order valence-corrected chi connectivity index (χ0v) is 12.4. The molecule has 1 aliphatic carbocycles. The van der Waals surface area contributed by atoms with E-state index in [4.69, 9.17) is 0 Å². The van der Waals surface area contributed by atoms with E-state index in [2.05, 4.69) is 19.2 Å². The van der Waals surface area contributed by atoms with Gasteiger partial charge in [0.05, 0.1) is 5.56 Å². The van der Waals surface area contributed by atoms with Crippen molar-refractivity contribution in [2.75, 3.05) is 18.9 Å². The molecule has 3 heteroatoms. The number of benzene rings is 1. The quantitative estimate of drug-likeness (QED) is 0.881. The lowest BCUT2D eigenvalue weighted by Gasteiger charge is -2.27. The van der Waals surface area contributed by atoms with Crippen molar-refractivity contribution in [3.63, 3.8) is 0 Å². The maximum atomic E-state index is 12.7.